The van der Waals surface area contributed by atoms with Gasteiger partial charge in [-0.1, -0.05) is 13.8 Å². The highest BCUT2D eigenvalue weighted by molar-refractivity contribution is 6.15. The molecule has 2 amide bonds. The van der Waals surface area contributed by atoms with Crippen molar-refractivity contribution in [3.8, 4) is 0 Å². The highest BCUT2D eigenvalue weighted by Crippen LogP contribution is 2.09. The fourth-order valence-corrected chi connectivity index (χ4v) is 1.18. The van der Waals surface area contributed by atoms with Crippen molar-refractivity contribution in [2.24, 2.45) is 0 Å². The Morgan fingerprint density at radius 3 is 2.44 bits per heavy atom. The number of hydrogen-bond donors (Lipinski definition) is 1. The molecule has 0 aromatic rings. The first-order chi connectivity index (χ1) is 7.56. The number of amides is 2. The topological polar surface area (TPSA) is 81.7 Å². The second-order valence-electron chi connectivity index (χ2n) is 3.24. The fraction of sp³-hybridized carbons (Fsp3) is 0.500. The van der Waals surface area contributed by atoms with E-state index < -0.39 is 18.0 Å². The van der Waals surface area contributed by atoms with Gasteiger partial charge in [0.15, 0.2) is 0 Å². The van der Waals surface area contributed by atoms with E-state index in [1.165, 1.54) is 0 Å². The lowest BCUT2D eigenvalue weighted by molar-refractivity contribution is -0.125. The summed E-state index contributed by atoms with van der Waals surface area (Å²) in [7, 11) is 0. The number of hydrogen-bond acceptors (Lipinski definition) is 5. The lowest BCUT2D eigenvalue weighted by atomic mass is 10.2. The van der Waals surface area contributed by atoms with Crippen LogP contribution >= 0.6 is 0 Å². The molecule has 0 aromatic heterocycles. The summed E-state index contributed by atoms with van der Waals surface area (Å²) in [4.78, 5) is 33.0. The van der Waals surface area contributed by atoms with Crippen LogP contribution in [-0.2, 0) is 19.1 Å². The summed E-state index contributed by atoms with van der Waals surface area (Å²) >= 11 is 0. The van der Waals surface area contributed by atoms with Crippen molar-refractivity contribution in [1.82, 2.24) is 5.32 Å². The van der Waals surface area contributed by atoms with Crippen LogP contribution in [0, 0.1) is 0 Å². The number of rotatable bonds is 4. The number of carbonyl (C=O) groups is 3. The maximum Gasteiger partial charge on any atom is 0.514 e. The minimum Gasteiger partial charge on any atom is -0.431 e. The molecule has 6 nitrogen and oxygen atoms in total. The van der Waals surface area contributed by atoms with Crippen molar-refractivity contribution in [1.29, 1.82) is 0 Å². The van der Waals surface area contributed by atoms with Crippen LogP contribution in [0.3, 0.4) is 0 Å². The predicted molar refractivity (Wildman–Crippen MR) is 53.2 cm³/mol. The van der Waals surface area contributed by atoms with E-state index in [2.05, 4.69) is 4.74 Å². The molecule has 0 saturated carbocycles. The normalized spacial score (nSPS) is 14.8. The summed E-state index contributed by atoms with van der Waals surface area (Å²) in [6, 6.07) is 0. The van der Waals surface area contributed by atoms with Crippen LogP contribution in [0.5, 0.6) is 0 Å². The summed E-state index contributed by atoms with van der Waals surface area (Å²) in [5, 5.41) is 1.95. The van der Waals surface area contributed by atoms with E-state index in [1.54, 1.807) is 0 Å². The Hall–Kier alpha value is -1.85. The minimum absolute atomic E-state index is 0.242. The van der Waals surface area contributed by atoms with Crippen molar-refractivity contribution >= 4 is 18.0 Å². The zero-order chi connectivity index (χ0) is 12.1. The summed E-state index contributed by atoms with van der Waals surface area (Å²) in [6.45, 7) is 3.74. The maximum absolute atomic E-state index is 11.2. The van der Waals surface area contributed by atoms with Gasteiger partial charge in [0.1, 0.15) is 6.10 Å². The van der Waals surface area contributed by atoms with Crippen molar-refractivity contribution < 1.29 is 23.9 Å². The fourth-order valence-electron chi connectivity index (χ4n) is 1.18. The molecule has 6 heteroatoms. The summed E-state index contributed by atoms with van der Waals surface area (Å²) in [6.07, 6.45) is 1.03. The van der Waals surface area contributed by atoms with E-state index in [0.29, 0.717) is 12.8 Å². The van der Waals surface area contributed by atoms with Gasteiger partial charge in [-0.25, -0.2) is 4.79 Å². The largest absolute Gasteiger partial charge is 0.514 e. The average molecular weight is 227 g/mol. The SMILES string of the molecule is CCC(CC)OC(=O)OC1=CC(=O)NC1=O. The molecule has 1 rings (SSSR count). The van der Waals surface area contributed by atoms with Crippen molar-refractivity contribution in [3.05, 3.63) is 11.8 Å². The zero-order valence-electron chi connectivity index (χ0n) is 9.11. The standard InChI is InChI=1S/C10H13NO5/c1-3-6(4-2)15-10(14)16-7-5-8(12)11-9(7)13/h5-6H,3-4H2,1-2H3,(H,11,12,13). The molecule has 1 heterocycles. The molecule has 0 radical (unpaired) electrons. The van der Waals surface area contributed by atoms with Gasteiger partial charge in [-0.05, 0) is 12.8 Å². The molecule has 88 valence electrons. The molecular weight excluding hydrogens is 214 g/mol. The van der Waals surface area contributed by atoms with E-state index in [0.717, 1.165) is 6.08 Å². The monoisotopic (exact) mass is 227 g/mol. The summed E-state index contributed by atoms with van der Waals surface area (Å²) < 4.78 is 9.50. The van der Waals surface area contributed by atoms with E-state index in [4.69, 9.17) is 4.74 Å². The Morgan fingerprint density at radius 2 is 2.00 bits per heavy atom. The lowest BCUT2D eigenvalue weighted by Crippen LogP contribution is -2.24. The Bertz CT molecular complexity index is 343. The average Bonchev–Trinajstić information content (AvgIpc) is 2.54. The van der Waals surface area contributed by atoms with E-state index in [-0.39, 0.29) is 11.9 Å². The van der Waals surface area contributed by atoms with Crippen LogP contribution in [-0.4, -0.2) is 24.1 Å². The summed E-state index contributed by atoms with van der Waals surface area (Å²) in [5.74, 6) is -1.66. The second kappa shape index (κ2) is 5.29. The van der Waals surface area contributed by atoms with Gasteiger partial charge in [0.2, 0.25) is 5.76 Å². The van der Waals surface area contributed by atoms with E-state index >= 15 is 0 Å². The molecule has 0 spiro atoms. The van der Waals surface area contributed by atoms with E-state index in [9.17, 15) is 14.4 Å². The van der Waals surface area contributed by atoms with Gasteiger partial charge in [-0.15, -0.1) is 0 Å². The summed E-state index contributed by atoms with van der Waals surface area (Å²) in [5.41, 5.74) is 0. The molecule has 0 bridgehead atoms. The number of carbonyl (C=O) groups excluding carboxylic acids is 3. The smallest absolute Gasteiger partial charge is 0.431 e. The van der Waals surface area contributed by atoms with Gasteiger partial charge >= 0.3 is 6.16 Å². The number of imide groups is 1. The predicted octanol–water partition coefficient (Wildman–Crippen LogP) is 0.868. The molecule has 16 heavy (non-hydrogen) atoms. The van der Waals surface area contributed by atoms with Gasteiger partial charge in [0.25, 0.3) is 11.8 Å². The second-order valence-corrected chi connectivity index (χ2v) is 3.24. The zero-order valence-corrected chi connectivity index (χ0v) is 9.11. The molecule has 0 aromatic carbocycles. The molecule has 0 atom stereocenters. The third-order valence-electron chi connectivity index (χ3n) is 2.09. The van der Waals surface area contributed by atoms with E-state index in [1.807, 2.05) is 19.2 Å². The Balaban J connectivity index is 2.49. The van der Waals surface area contributed by atoms with Crippen LogP contribution in [0.4, 0.5) is 4.79 Å². The molecule has 1 N–H and O–H groups in total. The van der Waals surface area contributed by atoms with Gasteiger partial charge in [-0.2, -0.15) is 0 Å². The Labute approximate surface area is 92.6 Å². The van der Waals surface area contributed by atoms with Gasteiger partial charge in [0, 0.05) is 0 Å². The molecule has 0 unspecified atom stereocenters. The van der Waals surface area contributed by atoms with Crippen molar-refractivity contribution in [2.75, 3.05) is 0 Å². The Morgan fingerprint density at radius 1 is 1.38 bits per heavy atom. The van der Waals surface area contributed by atoms with Crippen molar-refractivity contribution in [3.63, 3.8) is 0 Å². The minimum atomic E-state index is -0.968. The molecule has 1 aliphatic rings. The van der Waals surface area contributed by atoms with Crippen LogP contribution in [0.15, 0.2) is 11.8 Å². The maximum atomic E-state index is 11.2. The highest BCUT2D eigenvalue weighted by atomic mass is 16.7. The van der Waals surface area contributed by atoms with Gasteiger partial charge < -0.3 is 9.47 Å². The third kappa shape index (κ3) is 3.08. The van der Waals surface area contributed by atoms with Crippen LogP contribution < -0.4 is 5.32 Å². The van der Waals surface area contributed by atoms with Gasteiger partial charge in [0.05, 0.1) is 6.08 Å². The van der Waals surface area contributed by atoms with Gasteiger partial charge in [-0.3, -0.25) is 14.9 Å². The number of ether oxygens (including phenoxy) is 2. The first-order valence-electron chi connectivity index (χ1n) is 5.02. The molecule has 1 aliphatic heterocycles. The first kappa shape index (κ1) is 12.2. The van der Waals surface area contributed by atoms with Crippen LogP contribution in [0.25, 0.3) is 0 Å². The highest BCUT2D eigenvalue weighted by Gasteiger charge is 2.26. The quantitative estimate of drug-likeness (QED) is 0.569. The molecule has 0 saturated heterocycles. The number of nitrogens with one attached hydrogen (secondary N) is 1. The van der Waals surface area contributed by atoms with Crippen molar-refractivity contribution in [2.45, 2.75) is 32.8 Å². The molecule has 0 aliphatic carbocycles. The first-order valence-corrected chi connectivity index (χ1v) is 5.02. The molecular formula is C10H13NO5. The third-order valence-corrected chi connectivity index (χ3v) is 2.09. The molecule has 0 fully saturated rings. The Kier molecular flexibility index (Phi) is 4.04. The van der Waals surface area contributed by atoms with Crippen LogP contribution in [0.2, 0.25) is 0 Å². The lowest BCUT2D eigenvalue weighted by Gasteiger charge is -2.13. The van der Waals surface area contributed by atoms with Crippen LogP contribution in [0.1, 0.15) is 26.7 Å².